The van der Waals surface area contributed by atoms with Gasteiger partial charge in [0.15, 0.2) is 0 Å². The van der Waals surface area contributed by atoms with Crippen LogP contribution in [0.25, 0.3) is 0 Å². The number of rotatable bonds is 6. The monoisotopic (exact) mass is 341 g/mol. The molecule has 3 heteroatoms. The van der Waals surface area contributed by atoms with Gasteiger partial charge in [0.1, 0.15) is 5.76 Å². The third-order valence-electron chi connectivity index (χ3n) is 5.95. The lowest BCUT2D eigenvalue weighted by Crippen LogP contribution is -2.37. The zero-order valence-electron chi connectivity index (χ0n) is 15.7. The molecule has 4 unspecified atom stereocenters. The normalized spacial score (nSPS) is 27.4. The van der Waals surface area contributed by atoms with Gasteiger partial charge in [0.25, 0.3) is 0 Å². The van der Waals surface area contributed by atoms with Gasteiger partial charge in [0.2, 0.25) is 0 Å². The molecule has 1 aromatic rings. The zero-order chi connectivity index (χ0) is 17.8. The molecule has 2 N–H and O–H groups in total. The Hall–Kier alpha value is -1.74. The van der Waals surface area contributed by atoms with Gasteiger partial charge in [0.05, 0.1) is 12.3 Å². The van der Waals surface area contributed by atoms with Crippen molar-refractivity contribution in [2.75, 3.05) is 6.61 Å². The fourth-order valence-corrected chi connectivity index (χ4v) is 4.15. The molecule has 2 heterocycles. The van der Waals surface area contributed by atoms with Gasteiger partial charge in [0, 0.05) is 12.3 Å². The second kappa shape index (κ2) is 8.09. The average Bonchev–Trinajstić information content (AvgIpc) is 3.07. The maximum atomic E-state index is 9.35. The van der Waals surface area contributed by atoms with E-state index in [1.807, 2.05) is 6.07 Å². The van der Waals surface area contributed by atoms with E-state index in [4.69, 9.17) is 4.42 Å². The van der Waals surface area contributed by atoms with Crippen LogP contribution >= 0.6 is 0 Å². The van der Waals surface area contributed by atoms with Crippen molar-refractivity contribution < 1.29 is 9.52 Å². The summed E-state index contributed by atoms with van der Waals surface area (Å²) in [7, 11) is 0. The first-order valence-corrected chi connectivity index (χ1v) is 9.67. The Bertz CT molecular complexity index is 654. The molecule has 3 nitrogen and oxygen atoms in total. The summed E-state index contributed by atoms with van der Waals surface area (Å²) in [6.07, 6.45) is 12.7. The molecule has 2 aliphatic rings. The van der Waals surface area contributed by atoms with Crippen molar-refractivity contribution >= 4 is 0 Å². The molecule has 0 radical (unpaired) electrons. The van der Waals surface area contributed by atoms with Gasteiger partial charge in [-0.3, -0.25) is 0 Å². The summed E-state index contributed by atoms with van der Waals surface area (Å²) in [5.74, 6) is 2.45. The summed E-state index contributed by atoms with van der Waals surface area (Å²) in [5, 5.41) is 13.1. The van der Waals surface area contributed by atoms with E-state index >= 15 is 0 Å². The molecule has 0 saturated heterocycles. The first-order chi connectivity index (χ1) is 12.2. The minimum absolute atomic E-state index is 0.165. The first-order valence-electron chi connectivity index (χ1n) is 9.67. The van der Waals surface area contributed by atoms with Crippen LogP contribution in [0.2, 0.25) is 0 Å². The van der Waals surface area contributed by atoms with E-state index in [1.165, 1.54) is 23.3 Å². The lowest BCUT2D eigenvalue weighted by atomic mass is 9.74. The lowest BCUT2D eigenvalue weighted by molar-refractivity contribution is 0.209. The molecular formula is C22H31NO2. The average molecular weight is 341 g/mol. The number of hydrogen-bond donors (Lipinski definition) is 2. The predicted octanol–water partition coefficient (Wildman–Crippen LogP) is 5.14. The Morgan fingerprint density at radius 1 is 1.40 bits per heavy atom. The maximum absolute atomic E-state index is 9.35. The van der Waals surface area contributed by atoms with E-state index in [0.717, 1.165) is 25.0 Å². The Labute approximate surface area is 151 Å². The van der Waals surface area contributed by atoms with Crippen LogP contribution in [0.15, 0.2) is 57.9 Å². The van der Waals surface area contributed by atoms with E-state index in [0.29, 0.717) is 17.8 Å². The van der Waals surface area contributed by atoms with E-state index < -0.39 is 0 Å². The molecule has 1 aromatic heterocycles. The van der Waals surface area contributed by atoms with E-state index in [1.54, 1.807) is 6.26 Å². The molecule has 25 heavy (non-hydrogen) atoms. The van der Waals surface area contributed by atoms with Crippen LogP contribution in [0.3, 0.4) is 0 Å². The summed E-state index contributed by atoms with van der Waals surface area (Å²) in [6, 6.07) is 4.18. The summed E-state index contributed by atoms with van der Waals surface area (Å²) < 4.78 is 5.73. The molecule has 0 spiro atoms. The highest BCUT2D eigenvalue weighted by Crippen LogP contribution is 2.43. The molecule has 3 rings (SSSR count). The van der Waals surface area contributed by atoms with Crippen LogP contribution in [0.1, 0.15) is 58.3 Å². The lowest BCUT2D eigenvalue weighted by Gasteiger charge is -2.39. The third kappa shape index (κ3) is 3.77. The zero-order valence-corrected chi connectivity index (χ0v) is 15.7. The number of aliphatic hydroxyl groups excluding tert-OH is 1. The third-order valence-corrected chi connectivity index (χ3v) is 5.95. The molecule has 0 saturated carbocycles. The van der Waals surface area contributed by atoms with Crippen molar-refractivity contribution in [1.82, 2.24) is 5.32 Å². The van der Waals surface area contributed by atoms with Gasteiger partial charge in [-0.15, -0.1) is 0 Å². The Morgan fingerprint density at radius 2 is 2.24 bits per heavy atom. The minimum Gasteiger partial charge on any atom is -0.467 e. The summed E-state index contributed by atoms with van der Waals surface area (Å²) >= 11 is 0. The van der Waals surface area contributed by atoms with Crippen molar-refractivity contribution in [2.24, 2.45) is 17.8 Å². The van der Waals surface area contributed by atoms with E-state index in [-0.39, 0.29) is 12.6 Å². The Morgan fingerprint density at radius 3 is 2.92 bits per heavy atom. The topological polar surface area (TPSA) is 45.4 Å². The first kappa shape index (κ1) is 18.1. The maximum Gasteiger partial charge on any atom is 0.126 e. The van der Waals surface area contributed by atoms with Gasteiger partial charge in [-0.05, 0) is 67.2 Å². The van der Waals surface area contributed by atoms with Gasteiger partial charge in [-0.1, -0.05) is 38.5 Å². The predicted molar refractivity (Wildman–Crippen MR) is 102 cm³/mol. The Balaban J connectivity index is 1.97. The van der Waals surface area contributed by atoms with Crippen LogP contribution in [0.4, 0.5) is 0 Å². The SMILES string of the molecule is CCC(C)C1=CC2=C(C=CC1)NC(c1ccco1)C(CCCO)C2C. The van der Waals surface area contributed by atoms with Crippen LogP contribution in [0.5, 0.6) is 0 Å². The van der Waals surface area contributed by atoms with Crippen molar-refractivity contribution in [2.45, 2.75) is 52.5 Å². The summed E-state index contributed by atoms with van der Waals surface area (Å²) in [4.78, 5) is 0. The molecule has 0 aromatic carbocycles. The number of aliphatic hydroxyl groups is 1. The second-order valence-corrected chi connectivity index (χ2v) is 7.46. The van der Waals surface area contributed by atoms with Crippen molar-refractivity contribution in [3.05, 3.63) is 59.2 Å². The molecule has 0 amide bonds. The van der Waals surface area contributed by atoms with E-state index in [2.05, 4.69) is 50.4 Å². The van der Waals surface area contributed by atoms with Gasteiger partial charge in [-0.2, -0.15) is 0 Å². The molecule has 136 valence electrons. The van der Waals surface area contributed by atoms with Crippen LogP contribution in [-0.2, 0) is 0 Å². The highest BCUT2D eigenvalue weighted by atomic mass is 16.3. The minimum atomic E-state index is 0.165. The largest absolute Gasteiger partial charge is 0.467 e. The highest BCUT2D eigenvalue weighted by Gasteiger charge is 2.36. The number of allylic oxidation sites excluding steroid dienone is 5. The number of furan rings is 1. The van der Waals surface area contributed by atoms with E-state index in [9.17, 15) is 5.11 Å². The smallest absolute Gasteiger partial charge is 0.126 e. The standard InChI is InChI=1S/C22H31NO2/c1-4-15(2)17-8-5-10-20-19(14-17)16(3)18(9-6-12-24)22(23-20)21-11-7-13-25-21/h5,7,10-11,13-16,18,22-24H,4,6,8-9,12H2,1-3H3. The number of nitrogens with one attached hydrogen (secondary N) is 1. The fourth-order valence-electron chi connectivity index (χ4n) is 4.15. The fraction of sp³-hybridized carbons (Fsp3) is 0.545. The Kier molecular flexibility index (Phi) is 5.85. The molecule has 1 aliphatic carbocycles. The van der Waals surface area contributed by atoms with Crippen LogP contribution < -0.4 is 5.32 Å². The molecule has 0 fully saturated rings. The van der Waals surface area contributed by atoms with Crippen molar-refractivity contribution in [3.63, 3.8) is 0 Å². The quantitative estimate of drug-likeness (QED) is 0.753. The number of hydrogen-bond acceptors (Lipinski definition) is 3. The van der Waals surface area contributed by atoms with Crippen molar-refractivity contribution in [1.29, 1.82) is 0 Å². The van der Waals surface area contributed by atoms with Gasteiger partial charge in [-0.25, -0.2) is 0 Å². The molecule has 0 bridgehead atoms. The summed E-state index contributed by atoms with van der Waals surface area (Å²) in [6.45, 7) is 7.15. The molecule has 4 atom stereocenters. The molecular weight excluding hydrogens is 310 g/mol. The summed E-state index contributed by atoms with van der Waals surface area (Å²) in [5.41, 5.74) is 4.16. The van der Waals surface area contributed by atoms with Crippen molar-refractivity contribution in [3.8, 4) is 0 Å². The molecule has 1 aliphatic heterocycles. The second-order valence-electron chi connectivity index (χ2n) is 7.46. The van der Waals surface area contributed by atoms with Gasteiger partial charge < -0.3 is 14.8 Å². The van der Waals surface area contributed by atoms with Crippen LogP contribution in [-0.4, -0.2) is 11.7 Å². The highest BCUT2D eigenvalue weighted by molar-refractivity contribution is 5.42. The van der Waals surface area contributed by atoms with Gasteiger partial charge >= 0.3 is 0 Å². The van der Waals surface area contributed by atoms with Crippen LogP contribution in [0, 0.1) is 17.8 Å².